The number of Topliss-reactive ketones (excluding diaryl/α,β-unsaturated/α-hetero) is 1. The maximum atomic E-state index is 13.0. The molecule has 3 aromatic rings. The van der Waals surface area contributed by atoms with Crippen LogP contribution in [-0.4, -0.2) is 34.3 Å². The summed E-state index contributed by atoms with van der Waals surface area (Å²) in [6.07, 6.45) is 0.684. The van der Waals surface area contributed by atoms with Crippen LogP contribution < -0.4 is 5.56 Å². The summed E-state index contributed by atoms with van der Waals surface area (Å²) < 4.78 is 6.75. The summed E-state index contributed by atoms with van der Waals surface area (Å²) in [6, 6.07) is 14.1. The molecule has 0 saturated heterocycles. The highest BCUT2D eigenvalue weighted by Crippen LogP contribution is 2.25. The number of ketones is 1. The first-order valence-corrected chi connectivity index (χ1v) is 10.2. The van der Waals surface area contributed by atoms with Crippen molar-refractivity contribution in [2.24, 2.45) is 0 Å². The van der Waals surface area contributed by atoms with Crippen LogP contribution in [0.15, 0.2) is 58.5 Å². The largest absolute Gasteiger partial charge is 0.385 e. The molecule has 1 aromatic heterocycles. The zero-order chi connectivity index (χ0) is 20.1. The quantitative estimate of drug-likeness (QED) is 0.235. The molecule has 0 aliphatic carbocycles. The summed E-state index contributed by atoms with van der Waals surface area (Å²) in [7, 11) is 1.63. The Morgan fingerprint density at radius 3 is 2.64 bits per heavy atom. The van der Waals surface area contributed by atoms with Crippen molar-refractivity contribution in [3.05, 3.63) is 69.5 Å². The minimum Gasteiger partial charge on any atom is -0.385 e. The number of thioether (sulfide) groups is 1. The van der Waals surface area contributed by atoms with Crippen molar-refractivity contribution in [2.45, 2.75) is 30.3 Å². The van der Waals surface area contributed by atoms with Crippen LogP contribution in [0.5, 0.6) is 0 Å². The van der Waals surface area contributed by atoms with Crippen molar-refractivity contribution in [2.75, 3.05) is 13.7 Å². The molecule has 28 heavy (non-hydrogen) atoms. The molecule has 0 bridgehead atoms. The molecule has 5 nitrogen and oxygen atoms in total. The highest BCUT2D eigenvalue weighted by atomic mass is 35.5. The third-order valence-electron chi connectivity index (χ3n) is 4.34. The Hall–Kier alpha value is -2.15. The summed E-state index contributed by atoms with van der Waals surface area (Å²) in [5, 5.41) is 1.29. The SMILES string of the molecule is COCCCn1c(SC(C)C(=O)c2ccc(Cl)cc2)nc2ccccc2c1=O. The predicted molar refractivity (Wildman–Crippen MR) is 114 cm³/mol. The Morgan fingerprint density at radius 1 is 1.21 bits per heavy atom. The number of halogens is 1. The lowest BCUT2D eigenvalue weighted by atomic mass is 10.1. The highest BCUT2D eigenvalue weighted by Gasteiger charge is 2.20. The molecule has 146 valence electrons. The molecule has 0 aliphatic rings. The molecule has 0 saturated carbocycles. The molecule has 3 rings (SSSR count). The van der Waals surface area contributed by atoms with Crippen LogP contribution in [0.2, 0.25) is 5.02 Å². The number of carbonyl (C=O) groups excluding carboxylic acids is 1. The van der Waals surface area contributed by atoms with E-state index in [4.69, 9.17) is 16.3 Å². The van der Waals surface area contributed by atoms with Crippen molar-refractivity contribution in [3.63, 3.8) is 0 Å². The second-order valence-electron chi connectivity index (χ2n) is 6.35. The van der Waals surface area contributed by atoms with Gasteiger partial charge >= 0.3 is 0 Å². The van der Waals surface area contributed by atoms with E-state index in [1.165, 1.54) is 11.8 Å². The molecule has 1 heterocycles. The third kappa shape index (κ3) is 4.63. The Morgan fingerprint density at radius 2 is 1.93 bits per heavy atom. The molecular formula is C21H21ClN2O3S. The van der Waals surface area contributed by atoms with E-state index in [1.54, 1.807) is 42.0 Å². The zero-order valence-electron chi connectivity index (χ0n) is 15.7. The minimum absolute atomic E-state index is 0.0347. The van der Waals surface area contributed by atoms with Gasteiger partial charge in [0.15, 0.2) is 10.9 Å². The van der Waals surface area contributed by atoms with Gasteiger partial charge in [-0.2, -0.15) is 0 Å². The van der Waals surface area contributed by atoms with Crippen molar-refractivity contribution < 1.29 is 9.53 Å². The number of benzene rings is 2. The maximum Gasteiger partial charge on any atom is 0.262 e. The summed E-state index contributed by atoms with van der Waals surface area (Å²) in [6.45, 7) is 2.85. The number of rotatable bonds is 8. The number of hydrogen-bond donors (Lipinski definition) is 0. The maximum absolute atomic E-state index is 13.0. The molecule has 1 atom stereocenters. The number of ether oxygens (including phenoxy) is 1. The lowest BCUT2D eigenvalue weighted by Crippen LogP contribution is -2.25. The van der Waals surface area contributed by atoms with Crippen molar-refractivity contribution in [1.29, 1.82) is 0 Å². The van der Waals surface area contributed by atoms with Crippen LogP contribution in [-0.2, 0) is 11.3 Å². The summed E-state index contributed by atoms with van der Waals surface area (Å²) in [5.74, 6) is -0.0347. The Labute approximate surface area is 172 Å². The molecule has 1 unspecified atom stereocenters. The fraction of sp³-hybridized carbons (Fsp3) is 0.286. The van der Waals surface area contributed by atoms with Gasteiger partial charge in [-0.25, -0.2) is 4.98 Å². The van der Waals surface area contributed by atoms with Gasteiger partial charge < -0.3 is 4.74 Å². The predicted octanol–water partition coefficient (Wildman–Crippen LogP) is 4.45. The van der Waals surface area contributed by atoms with Gasteiger partial charge in [0.25, 0.3) is 5.56 Å². The lowest BCUT2D eigenvalue weighted by Gasteiger charge is -2.16. The van der Waals surface area contributed by atoms with Crippen LogP contribution in [0.25, 0.3) is 10.9 Å². The number of carbonyl (C=O) groups is 1. The second kappa shape index (κ2) is 9.37. The van der Waals surface area contributed by atoms with Crippen LogP contribution >= 0.6 is 23.4 Å². The molecule has 0 spiro atoms. The van der Waals surface area contributed by atoms with Gasteiger partial charge in [0.2, 0.25) is 0 Å². The Kier molecular flexibility index (Phi) is 6.88. The summed E-state index contributed by atoms with van der Waals surface area (Å²) >= 11 is 7.20. The highest BCUT2D eigenvalue weighted by molar-refractivity contribution is 8.00. The monoisotopic (exact) mass is 416 g/mol. The summed E-state index contributed by atoms with van der Waals surface area (Å²) in [5.41, 5.74) is 1.11. The van der Waals surface area contributed by atoms with E-state index in [0.717, 1.165) is 0 Å². The van der Waals surface area contributed by atoms with E-state index < -0.39 is 5.25 Å². The normalized spacial score (nSPS) is 12.2. The van der Waals surface area contributed by atoms with E-state index in [-0.39, 0.29) is 11.3 Å². The first kappa shape index (κ1) is 20.6. The van der Waals surface area contributed by atoms with Gasteiger partial charge in [-0.3, -0.25) is 14.2 Å². The van der Waals surface area contributed by atoms with Gasteiger partial charge in [-0.1, -0.05) is 35.5 Å². The first-order chi connectivity index (χ1) is 13.5. The average molecular weight is 417 g/mol. The van der Waals surface area contributed by atoms with E-state index in [1.807, 2.05) is 25.1 Å². The van der Waals surface area contributed by atoms with E-state index in [9.17, 15) is 9.59 Å². The van der Waals surface area contributed by atoms with Gasteiger partial charge in [-0.05, 0) is 49.7 Å². The molecule has 0 fully saturated rings. The number of hydrogen-bond acceptors (Lipinski definition) is 5. The van der Waals surface area contributed by atoms with Crippen LogP contribution in [0.1, 0.15) is 23.7 Å². The average Bonchev–Trinajstić information content (AvgIpc) is 2.70. The number of methoxy groups -OCH3 is 1. The number of aromatic nitrogens is 2. The summed E-state index contributed by atoms with van der Waals surface area (Å²) in [4.78, 5) is 30.4. The molecule has 0 aliphatic heterocycles. The molecule has 0 radical (unpaired) electrons. The topological polar surface area (TPSA) is 61.2 Å². The molecule has 2 aromatic carbocycles. The van der Waals surface area contributed by atoms with Gasteiger partial charge in [0.1, 0.15) is 0 Å². The fourth-order valence-electron chi connectivity index (χ4n) is 2.86. The molecular weight excluding hydrogens is 396 g/mol. The van der Waals surface area contributed by atoms with E-state index in [2.05, 4.69) is 4.98 Å². The van der Waals surface area contributed by atoms with Gasteiger partial charge in [-0.15, -0.1) is 0 Å². The van der Waals surface area contributed by atoms with Crippen molar-refractivity contribution >= 4 is 40.0 Å². The number of para-hydroxylation sites is 1. The van der Waals surface area contributed by atoms with Crippen molar-refractivity contribution in [1.82, 2.24) is 9.55 Å². The standard InChI is InChI=1S/C21H21ClN2O3S/c1-14(19(25)15-8-10-16(22)11-9-15)28-21-23-18-7-4-3-6-17(18)20(26)24(21)12-5-13-27-2/h3-4,6-11,14H,5,12-13H2,1-2H3. The third-order valence-corrected chi connectivity index (χ3v) is 5.68. The van der Waals surface area contributed by atoms with Crippen LogP contribution in [0, 0.1) is 0 Å². The minimum atomic E-state index is -0.400. The van der Waals surface area contributed by atoms with E-state index in [0.29, 0.717) is 46.2 Å². The lowest BCUT2D eigenvalue weighted by molar-refractivity contribution is 0.0994. The molecule has 0 amide bonds. The van der Waals surface area contributed by atoms with E-state index >= 15 is 0 Å². The van der Waals surface area contributed by atoms with Gasteiger partial charge in [0.05, 0.1) is 16.2 Å². The van der Waals surface area contributed by atoms with Gasteiger partial charge in [0, 0.05) is 30.8 Å². The fourth-order valence-corrected chi connectivity index (χ4v) is 4.00. The molecule has 7 heteroatoms. The van der Waals surface area contributed by atoms with Crippen LogP contribution in [0.4, 0.5) is 0 Å². The molecule has 0 N–H and O–H groups in total. The zero-order valence-corrected chi connectivity index (χ0v) is 17.3. The smallest absolute Gasteiger partial charge is 0.262 e. The number of nitrogens with zero attached hydrogens (tertiary/aromatic N) is 2. The van der Waals surface area contributed by atoms with Crippen molar-refractivity contribution in [3.8, 4) is 0 Å². The number of fused-ring (bicyclic) bond motifs is 1. The second-order valence-corrected chi connectivity index (χ2v) is 8.09. The Balaban J connectivity index is 1.93. The first-order valence-electron chi connectivity index (χ1n) is 8.96. The van der Waals surface area contributed by atoms with Crippen LogP contribution in [0.3, 0.4) is 0 Å². The Bertz CT molecular complexity index is 1030.